The first-order chi connectivity index (χ1) is 10.3. The molecule has 0 saturated carbocycles. The Morgan fingerprint density at radius 1 is 1.14 bits per heavy atom. The predicted molar refractivity (Wildman–Crippen MR) is 78.2 cm³/mol. The second-order valence-electron chi connectivity index (χ2n) is 5.78. The fraction of sp³-hybridized carbons (Fsp3) is 1.00. The quantitative estimate of drug-likeness (QED) is 0.630. The number of likely N-dealkylation sites (N-methyl/N-ethyl adjacent to an activating group) is 1. The lowest BCUT2D eigenvalue weighted by Gasteiger charge is -2.22. The van der Waals surface area contributed by atoms with Crippen molar-refractivity contribution in [2.75, 3.05) is 53.2 Å². The van der Waals surface area contributed by atoms with Gasteiger partial charge in [-0.15, -0.1) is 0 Å². The maximum absolute atomic E-state index is 9.18. The summed E-state index contributed by atoms with van der Waals surface area (Å²) in [7, 11) is 2.02. The van der Waals surface area contributed by atoms with E-state index >= 15 is 0 Å². The third-order valence-electron chi connectivity index (χ3n) is 4.11. The highest BCUT2D eigenvalue weighted by Gasteiger charge is 2.29. The summed E-state index contributed by atoms with van der Waals surface area (Å²) in [6, 6.07) is 0.236. The van der Waals surface area contributed by atoms with Crippen molar-refractivity contribution >= 4 is 0 Å². The number of likely N-dealkylation sites (tertiary alicyclic amines) is 1. The van der Waals surface area contributed by atoms with Crippen molar-refractivity contribution in [1.82, 2.24) is 4.90 Å². The minimum absolute atomic E-state index is 0.0389. The topological polar surface area (TPSA) is 60.4 Å². The fourth-order valence-corrected chi connectivity index (χ4v) is 2.82. The van der Waals surface area contributed by atoms with Crippen LogP contribution in [0.15, 0.2) is 0 Å². The number of aliphatic hydroxyl groups excluding tert-OH is 1. The highest BCUT2D eigenvalue weighted by atomic mass is 16.7. The maximum Gasteiger partial charge on any atom is 0.157 e. The van der Waals surface area contributed by atoms with Gasteiger partial charge in [-0.3, -0.25) is 4.90 Å². The summed E-state index contributed by atoms with van der Waals surface area (Å²) < 4.78 is 22.3. The highest BCUT2D eigenvalue weighted by Crippen LogP contribution is 2.17. The van der Waals surface area contributed by atoms with Crippen molar-refractivity contribution in [2.45, 2.75) is 44.1 Å². The predicted octanol–water partition coefficient (Wildman–Crippen LogP) is 0.628. The summed E-state index contributed by atoms with van der Waals surface area (Å²) in [4.78, 5) is 2.14. The smallest absolute Gasteiger partial charge is 0.157 e. The van der Waals surface area contributed by atoms with Gasteiger partial charge in [0.15, 0.2) is 6.29 Å². The Balaban J connectivity index is 1.40. The molecule has 0 spiro atoms. The van der Waals surface area contributed by atoms with E-state index in [0.717, 1.165) is 32.4 Å². The molecule has 2 aliphatic rings. The van der Waals surface area contributed by atoms with Crippen LogP contribution in [0.5, 0.6) is 0 Å². The van der Waals surface area contributed by atoms with Gasteiger partial charge in [0.1, 0.15) is 0 Å². The summed E-state index contributed by atoms with van der Waals surface area (Å²) in [6.07, 6.45) is 4.38. The molecule has 0 aromatic rings. The van der Waals surface area contributed by atoms with E-state index in [1.165, 1.54) is 6.42 Å². The molecule has 21 heavy (non-hydrogen) atoms. The minimum atomic E-state index is -0.0389. The summed E-state index contributed by atoms with van der Waals surface area (Å²) in [5.41, 5.74) is 0. The number of nitrogens with zero attached hydrogens (tertiary/aromatic N) is 1. The lowest BCUT2D eigenvalue weighted by atomic mass is 10.2. The zero-order valence-corrected chi connectivity index (χ0v) is 13.0. The second-order valence-corrected chi connectivity index (χ2v) is 5.78. The molecule has 0 aromatic carbocycles. The molecule has 6 nitrogen and oxygen atoms in total. The van der Waals surface area contributed by atoms with Gasteiger partial charge < -0.3 is 24.1 Å². The third-order valence-corrected chi connectivity index (χ3v) is 4.11. The van der Waals surface area contributed by atoms with Crippen LogP contribution in [-0.2, 0) is 18.9 Å². The van der Waals surface area contributed by atoms with Gasteiger partial charge in [0.2, 0.25) is 0 Å². The Morgan fingerprint density at radius 3 is 2.62 bits per heavy atom. The molecule has 2 aliphatic heterocycles. The normalized spacial score (nSPS) is 30.9. The Kier molecular flexibility index (Phi) is 7.92. The van der Waals surface area contributed by atoms with Gasteiger partial charge in [0, 0.05) is 19.2 Å². The van der Waals surface area contributed by atoms with Gasteiger partial charge >= 0.3 is 0 Å². The number of rotatable bonds is 9. The zero-order chi connectivity index (χ0) is 14.9. The maximum atomic E-state index is 9.18. The van der Waals surface area contributed by atoms with Crippen LogP contribution >= 0.6 is 0 Å². The molecule has 0 aromatic heterocycles. The fourth-order valence-electron chi connectivity index (χ4n) is 2.82. The van der Waals surface area contributed by atoms with E-state index < -0.39 is 0 Å². The van der Waals surface area contributed by atoms with E-state index in [1.54, 1.807) is 0 Å². The second kappa shape index (κ2) is 9.71. The molecular formula is C15H29NO5. The molecule has 2 fully saturated rings. The van der Waals surface area contributed by atoms with Crippen LogP contribution in [0.3, 0.4) is 0 Å². The Morgan fingerprint density at radius 2 is 1.95 bits per heavy atom. The summed E-state index contributed by atoms with van der Waals surface area (Å²) in [5, 5.41) is 9.18. The van der Waals surface area contributed by atoms with Gasteiger partial charge in [-0.2, -0.15) is 0 Å². The van der Waals surface area contributed by atoms with Gasteiger partial charge in [-0.05, 0) is 32.7 Å². The van der Waals surface area contributed by atoms with Gasteiger partial charge in [0.25, 0.3) is 0 Å². The average Bonchev–Trinajstić information content (AvgIpc) is 2.87. The van der Waals surface area contributed by atoms with Crippen molar-refractivity contribution in [1.29, 1.82) is 0 Å². The number of hydrogen-bond acceptors (Lipinski definition) is 6. The molecule has 1 N–H and O–H groups in total. The van der Waals surface area contributed by atoms with Crippen LogP contribution in [0.2, 0.25) is 0 Å². The van der Waals surface area contributed by atoms with Crippen LogP contribution in [0.25, 0.3) is 0 Å². The van der Waals surface area contributed by atoms with Crippen LogP contribution in [-0.4, -0.2) is 81.7 Å². The van der Waals surface area contributed by atoms with Crippen LogP contribution in [0.4, 0.5) is 0 Å². The zero-order valence-electron chi connectivity index (χ0n) is 13.0. The van der Waals surface area contributed by atoms with Gasteiger partial charge in [-0.1, -0.05) is 0 Å². The molecule has 0 aliphatic carbocycles. The molecule has 0 radical (unpaired) electrons. The van der Waals surface area contributed by atoms with E-state index in [0.29, 0.717) is 26.4 Å². The van der Waals surface area contributed by atoms with Crippen molar-refractivity contribution in [3.8, 4) is 0 Å². The molecule has 2 rings (SSSR count). The van der Waals surface area contributed by atoms with Crippen LogP contribution in [0, 0.1) is 0 Å². The first-order valence-electron chi connectivity index (χ1n) is 8.03. The summed E-state index contributed by atoms with van der Waals surface area (Å²) in [6.45, 7) is 4.22. The van der Waals surface area contributed by atoms with Crippen LogP contribution in [0.1, 0.15) is 25.7 Å². The highest BCUT2D eigenvalue weighted by molar-refractivity contribution is 4.83. The van der Waals surface area contributed by atoms with Crippen LogP contribution < -0.4 is 0 Å². The van der Waals surface area contributed by atoms with Crippen molar-refractivity contribution in [3.05, 3.63) is 0 Å². The third kappa shape index (κ3) is 6.18. The molecule has 2 saturated heterocycles. The molecule has 2 heterocycles. The van der Waals surface area contributed by atoms with E-state index in [-0.39, 0.29) is 25.0 Å². The van der Waals surface area contributed by atoms with Crippen molar-refractivity contribution in [3.63, 3.8) is 0 Å². The lowest BCUT2D eigenvalue weighted by Crippen LogP contribution is -2.28. The first kappa shape index (κ1) is 17.1. The van der Waals surface area contributed by atoms with Gasteiger partial charge in [0.05, 0.1) is 39.1 Å². The standard InChI is InChI=1S/C15H29NO5/c1-16-11-14(10-13(16)12-17)19-8-6-18-7-9-21-15-4-2-3-5-20-15/h13-15,17H,2-12H2,1H3/t13-,14+,15?/m0/s1. The Bertz CT molecular complexity index is 273. The molecule has 0 bridgehead atoms. The molecular weight excluding hydrogens is 274 g/mol. The summed E-state index contributed by atoms with van der Waals surface area (Å²) >= 11 is 0. The van der Waals surface area contributed by atoms with Gasteiger partial charge in [-0.25, -0.2) is 0 Å². The average molecular weight is 303 g/mol. The first-order valence-corrected chi connectivity index (χ1v) is 8.03. The van der Waals surface area contributed by atoms with E-state index in [4.69, 9.17) is 18.9 Å². The molecule has 124 valence electrons. The number of aliphatic hydroxyl groups is 1. The molecule has 6 heteroatoms. The lowest BCUT2D eigenvalue weighted by molar-refractivity contribution is -0.169. The van der Waals surface area contributed by atoms with E-state index in [1.807, 2.05) is 7.05 Å². The molecule has 1 unspecified atom stereocenters. The largest absolute Gasteiger partial charge is 0.395 e. The SMILES string of the molecule is CN1C[C@H](OCCOCCOC2CCCCO2)C[C@H]1CO. The molecule has 3 atom stereocenters. The Hall–Kier alpha value is -0.240. The van der Waals surface area contributed by atoms with E-state index in [2.05, 4.69) is 4.90 Å². The number of hydrogen-bond donors (Lipinski definition) is 1. The van der Waals surface area contributed by atoms with E-state index in [9.17, 15) is 5.11 Å². The number of ether oxygens (including phenoxy) is 4. The minimum Gasteiger partial charge on any atom is -0.395 e. The summed E-state index contributed by atoms with van der Waals surface area (Å²) in [5.74, 6) is 0. The monoisotopic (exact) mass is 303 g/mol. The Labute approximate surface area is 127 Å². The van der Waals surface area contributed by atoms with Crippen molar-refractivity contribution < 1.29 is 24.1 Å². The molecule has 0 amide bonds. The van der Waals surface area contributed by atoms with Crippen molar-refractivity contribution in [2.24, 2.45) is 0 Å².